The van der Waals surface area contributed by atoms with Crippen LogP contribution in [0.4, 0.5) is 5.69 Å². The highest BCUT2D eigenvalue weighted by molar-refractivity contribution is 7.78. The minimum absolute atomic E-state index is 0.407. The Labute approximate surface area is 87.4 Å². The fourth-order valence-electron chi connectivity index (χ4n) is 1.13. The van der Waals surface area contributed by atoms with Gasteiger partial charge in [-0.05, 0) is 30.8 Å². The molecule has 3 nitrogen and oxygen atoms in total. The van der Waals surface area contributed by atoms with Gasteiger partial charge in [0.05, 0.1) is 23.5 Å². The summed E-state index contributed by atoms with van der Waals surface area (Å²) in [7, 11) is 1.33. The Kier molecular flexibility index (Phi) is 3.51. The van der Waals surface area contributed by atoms with Gasteiger partial charge in [0.1, 0.15) is 0 Å². The van der Waals surface area contributed by atoms with Crippen molar-refractivity contribution >= 4 is 29.0 Å². The average Bonchev–Trinajstić information content (AvgIpc) is 2.20. The van der Waals surface area contributed by atoms with Crippen molar-refractivity contribution < 1.29 is 9.53 Å². The summed E-state index contributed by atoms with van der Waals surface area (Å²) in [5.41, 5.74) is 1.80. The second-order valence-electron chi connectivity index (χ2n) is 2.67. The lowest BCUT2D eigenvalue weighted by atomic mass is 10.1. The number of rotatable bonds is 2. The number of isothiocyanates is 1. The molecule has 0 heterocycles. The van der Waals surface area contributed by atoms with Crippen molar-refractivity contribution in [1.29, 1.82) is 0 Å². The molecule has 0 aliphatic heterocycles. The maximum absolute atomic E-state index is 11.3. The van der Waals surface area contributed by atoms with Gasteiger partial charge in [-0.15, -0.1) is 0 Å². The van der Waals surface area contributed by atoms with Crippen LogP contribution in [0, 0.1) is 6.92 Å². The molecule has 0 aromatic heterocycles. The summed E-state index contributed by atoms with van der Waals surface area (Å²) in [6.07, 6.45) is 0. The van der Waals surface area contributed by atoms with Gasteiger partial charge < -0.3 is 4.74 Å². The van der Waals surface area contributed by atoms with Gasteiger partial charge >= 0.3 is 5.97 Å². The summed E-state index contributed by atoms with van der Waals surface area (Å²) in [5, 5.41) is 2.24. The second kappa shape index (κ2) is 4.65. The van der Waals surface area contributed by atoms with Crippen LogP contribution in [0.2, 0.25) is 0 Å². The van der Waals surface area contributed by atoms with Crippen molar-refractivity contribution in [2.24, 2.45) is 4.99 Å². The lowest BCUT2D eigenvalue weighted by Crippen LogP contribution is -2.01. The molecule has 0 saturated carbocycles. The van der Waals surface area contributed by atoms with Crippen molar-refractivity contribution in [1.82, 2.24) is 0 Å². The van der Waals surface area contributed by atoms with Crippen molar-refractivity contribution in [2.45, 2.75) is 6.92 Å². The Bertz CT molecular complexity index is 409. The molecule has 0 atom stereocenters. The van der Waals surface area contributed by atoms with Gasteiger partial charge in [0.15, 0.2) is 0 Å². The molecular formula is C10H9NO2S. The monoisotopic (exact) mass is 207 g/mol. The van der Waals surface area contributed by atoms with E-state index in [1.54, 1.807) is 12.1 Å². The number of carbonyl (C=O) groups is 1. The number of methoxy groups -OCH3 is 1. The molecule has 0 spiro atoms. The molecule has 0 saturated heterocycles. The fourth-order valence-corrected chi connectivity index (χ4v) is 1.22. The topological polar surface area (TPSA) is 38.7 Å². The van der Waals surface area contributed by atoms with E-state index in [1.165, 1.54) is 7.11 Å². The van der Waals surface area contributed by atoms with Crippen LogP contribution in [0.15, 0.2) is 23.2 Å². The number of para-hydroxylation sites is 1. The second-order valence-corrected chi connectivity index (χ2v) is 2.85. The zero-order valence-electron chi connectivity index (χ0n) is 7.90. The van der Waals surface area contributed by atoms with Crippen molar-refractivity contribution in [3.63, 3.8) is 0 Å². The Balaban J connectivity index is 3.34. The third kappa shape index (κ3) is 2.05. The molecule has 0 fully saturated rings. The Morgan fingerprint density at radius 1 is 1.57 bits per heavy atom. The van der Waals surface area contributed by atoms with Crippen molar-refractivity contribution in [3.05, 3.63) is 29.3 Å². The molecule has 1 aromatic carbocycles. The summed E-state index contributed by atoms with van der Waals surface area (Å²) in [6, 6.07) is 5.26. The summed E-state index contributed by atoms with van der Waals surface area (Å²) in [4.78, 5) is 15.2. The maximum atomic E-state index is 11.3. The Morgan fingerprint density at radius 3 is 2.86 bits per heavy atom. The van der Waals surface area contributed by atoms with Gasteiger partial charge in [0, 0.05) is 0 Å². The molecule has 1 rings (SSSR count). The highest BCUT2D eigenvalue weighted by atomic mass is 32.1. The van der Waals surface area contributed by atoms with E-state index in [-0.39, 0.29) is 0 Å². The summed E-state index contributed by atoms with van der Waals surface area (Å²) < 4.78 is 4.62. The molecule has 0 unspecified atom stereocenters. The molecule has 72 valence electrons. The van der Waals surface area contributed by atoms with Crippen LogP contribution in [-0.4, -0.2) is 18.2 Å². The van der Waals surface area contributed by atoms with E-state index < -0.39 is 5.97 Å². The number of ether oxygens (including phenoxy) is 1. The van der Waals surface area contributed by atoms with E-state index in [4.69, 9.17) is 0 Å². The first-order valence-electron chi connectivity index (χ1n) is 3.96. The third-order valence-corrected chi connectivity index (χ3v) is 1.89. The van der Waals surface area contributed by atoms with E-state index in [9.17, 15) is 4.79 Å². The number of hydrogen-bond acceptors (Lipinski definition) is 4. The number of thiocarbonyl (C=S) groups is 1. The van der Waals surface area contributed by atoms with E-state index in [1.807, 2.05) is 13.0 Å². The highest BCUT2D eigenvalue weighted by Gasteiger charge is 2.12. The minimum atomic E-state index is -0.419. The summed E-state index contributed by atoms with van der Waals surface area (Å²) in [6.45, 7) is 1.85. The van der Waals surface area contributed by atoms with Gasteiger partial charge in [0.25, 0.3) is 0 Å². The first-order chi connectivity index (χ1) is 6.70. The number of aryl methyl sites for hydroxylation is 1. The molecule has 0 aliphatic rings. The van der Waals surface area contributed by atoms with Crippen LogP contribution in [0.25, 0.3) is 0 Å². The minimum Gasteiger partial charge on any atom is -0.465 e. The normalized spacial score (nSPS) is 9.00. The first kappa shape index (κ1) is 10.6. The fraction of sp³-hybridized carbons (Fsp3) is 0.200. The molecular weight excluding hydrogens is 198 g/mol. The lowest BCUT2D eigenvalue weighted by molar-refractivity contribution is 0.0601. The Hall–Kier alpha value is -1.51. The van der Waals surface area contributed by atoms with Crippen LogP contribution in [0.5, 0.6) is 0 Å². The predicted molar refractivity (Wildman–Crippen MR) is 57.2 cm³/mol. The number of carbonyl (C=O) groups excluding carboxylic acids is 1. The molecule has 0 amide bonds. The first-order valence-corrected chi connectivity index (χ1v) is 4.37. The molecule has 0 radical (unpaired) electrons. The van der Waals surface area contributed by atoms with Crippen LogP contribution in [0.1, 0.15) is 15.9 Å². The van der Waals surface area contributed by atoms with Gasteiger partial charge in [-0.3, -0.25) is 0 Å². The van der Waals surface area contributed by atoms with E-state index >= 15 is 0 Å². The van der Waals surface area contributed by atoms with Gasteiger partial charge in [-0.25, -0.2) is 4.79 Å². The van der Waals surface area contributed by atoms with E-state index in [0.29, 0.717) is 11.3 Å². The van der Waals surface area contributed by atoms with Crippen LogP contribution in [0.3, 0.4) is 0 Å². The summed E-state index contributed by atoms with van der Waals surface area (Å²) >= 11 is 4.51. The van der Waals surface area contributed by atoms with Crippen molar-refractivity contribution in [2.75, 3.05) is 7.11 Å². The Morgan fingerprint density at radius 2 is 2.29 bits per heavy atom. The predicted octanol–water partition coefficient (Wildman–Crippen LogP) is 2.52. The maximum Gasteiger partial charge on any atom is 0.340 e. The van der Waals surface area contributed by atoms with Gasteiger partial charge in [-0.1, -0.05) is 12.1 Å². The van der Waals surface area contributed by atoms with E-state index in [0.717, 1.165) is 5.56 Å². The average molecular weight is 207 g/mol. The number of hydrogen-bond donors (Lipinski definition) is 0. The van der Waals surface area contributed by atoms with Crippen LogP contribution < -0.4 is 0 Å². The zero-order valence-corrected chi connectivity index (χ0v) is 8.72. The number of nitrogens with zero attached hydrogens (tertiary/aromatic N) is 1. The van der Waals surface area contributed by atoms with Crippen molar-refractivity contribution in [3.8, 4) is 0 Å². The SMILES string of the molecule is COC(=O)c1cccc(C)c1N=C=S. The number of aliphatic imine (C=N–C) groups is 1. The lowest BCUT2D eigenvalue weighted by Gasteiger charge is -2.04. The number of esters is 1. The van der Waals surface area contributed by atoms with Crippen LogP contribution >= 0.6 is 12.2 Å². The highest BCUT2D eigenvalue weighted by Crippen LogP contribution is 2.23. The summed E-state index contributed by atoms with van der Waals surface area (Å²) in [5.74, 6) is -0.419. The molecule has 4 heteroatoms. The quantitative estimate of drug-likeness (QED) is 0.425. The largest absolute Gasteiger partial charge is 0.465 e. The molecule has 0 N–H and O–H groups in total. The van der Waals surface area contributed by atoms with Gasteiger partial charge in [-0.2, -0.15) is 4.99 Å². The standard InChI is InChI=1S/C10H9NO2S/c1-7-4-3-5-8(10(12)13-2)9(7)11-6-14/h3-5H,1-2H3. The number of benzene rings is 1. The van der Waals surface area contributed by atoms with E-state index in [2.05, 4.69) is 27.1 Å². The van der Waals surface area contributed by atoms with Gasteiger partial charge in [0.2, 0.25) is 0 Å². The molecule has 0 bridgehead atoms. The molecule has 14 heavy (non-hydrogen) atoms. The zero-order chi connectivity index (χ0) is 10.6. The molecule has 0 aliphatic carbocycles. The smallest absolute Gasteiger partial charge is 0.340 e. The molecule has 1 aromatic rings. The third-order valence-electron chi connectivity index (χ3n) is 1.80. The van der Waals surface area contributed by atoms with Crippen LogP contribution in [-0.2, 0) is 4.74 Å².